The zero-order valence-corrected chi connectivity index (χ0v) is 14.2. The van der Waals surface area contributed by atoms with E-state index in [0.717, 1.165) is 42.9 Å². The number of hydrogen-bond donors (Lipinski definition) is 0. The van der Waals surface area contributed by atoms with Gasteiger partial charge in [-0.05, 0) is 6.92 Å². The highest BCUT2D eigenvalue weighted by atomic mass is 16.5. The van der Waals surface area contributed by atoms with Crippen molar-refractivity contribution in [2.75, 3.05) is 38.8 Å². The molecule has 0 radical (unpaired) electrons. The zero-order valence-electron chi connectivity index (χ0n) is 14.2. The Balaban J connectivity index is 1.88. The molecule has 0 bridgehead atoms. The van der Waals surface area contributed by atoms with Gasteiger partial charge in [-0.1, -0.05) is 0 Å². The number of nitrogens with zero attached hydrogens (tertiary/aromatic N) is 6. The summed E-state index contributed by atoms with van der Waals surface area (Å²) in [5.74, 6) is 2.79. The lowest BCUT2D eigenvalue weighted by molar-refractivity contribution is -0.0173. The summed E-state index contributed by atoms with van der Waals surface area (Å²) in [6.45, 7) is 4.97. The summed E-state index contributed by atoms with van der Waals surface area (Å²) < 4.78 is 7.74. The molecular weight excluding hydrogens is 292 g/mol. The highest BCUT2D eigenvalue weighted by Gasteiger charge is 2.28. The number of ether oxygens (including phenoxy) is 1. The minimum atomic E-state index is 0.0547. The molecule has 1 atom stereocenters. The largest absolute Gasteiger partial charge is 0.378 e. The number of aromatic nitrogens is 4. The van der Waals surface area contributed by atoms with E-state index in [-0.39, 0.29) is 6.04 Å². The summed E-state index contributed by atoms with van der Waals surface area (Å²) >= 11 is 0. The maximum absolute atomic E-state index is 5.69. The lowest BCUT2D eigenvalue weighted by Gasteiger charge is -2.34. The second kappa shape index (κ2) is 6.64. The molecule has 1 aliphatic heterocycles. The van der Waals surface area contributed by atoms with E-state index in [2.05, 4.69) is 19.4 Å². The Morgan fingerprint density at radius 2 is 2.17 bits per heavy atom. The molecule has 1 saturated heterocycles. The normalized spacial score (nSPS) is 19.0. The van der Waals surface area contributed by atoms with E-state index in [0.29, 0.717) is 6.61 Å². The van der Waals surface area contributed by atoms with Crippen molar-refractivity contribution >= 4 is 5.82 Å². The molecule has 0 N–H and O–H groups in total. The fraction of sp³-hybridized carbons (Fsp3) is 0.562. The predicted molar refractivity (Wildman–Crippen MR) is 88.3 cm³/mol. The summed E-state index contributed by atoms with van der Waals surface area (Å²) in [5.41, 5.74) is 0.973. The van der Waals surface area contributed by atoms with Crippen LogP contribution in [0.1, 0.15) is 23.4 Å². The third-order valence-electron chi connectivity index (χ3n) is 4.12. The first kappa shape index (κ1) is 15.9. The fourth-order valence-electron chi connectivity index (χ4n) is 2.75. The monoisotopic (exact) mass is 316 g/mol. The average molecular weight is 316 g/mol. The number of rotatable bonds is 4. The van der Waals surface area contributed by atoms with Crippen molar-refractivity contribution in [2.45, 2.75) is 19.5 Å². The number of morpholine rings is 1. The van der Waals surface area contributed by atoms with Crippen molar-refractivity contribution < 1.29 is 4.74 Å². The molecule has 0 aromatic carbocycles. The Morgan fingerprint density at radius 3 is 2.87 bits per heavy atom. The fourth-order valence-corrected chi connectivity index (χ4v) is 2.75. The van der Waals surface area contributed by atoms with E-state index in [4.69, 9.17) is 9.72 Å². The van der Waals surface area contributed by atoms with Crippen LogP contribution in [0.2, 0.25) is 0 Å². The quantitative estimate of drug-likeness (QED) is 0.843. The first-order valence-corrected chi connectivity index (χ1v) is 7.85. The smallest absolute Gasteiger partial charge is 0.150 e. The molecule has 7 nitrogen and oxygen atoms in total. The molecule has 1 fully saturated rings. The highest BCUT2D eigenvalue weighted by molar-refractivity contribution is 5.38. The van der Waals surface area contributed by atoms with Crippen molar-refractivity contribution in [3.8, 4) is 0 Å². The van der Waals surface area contributed by atoms with Crippen LogP contribution in [0.5, 0.6) is 0 Å². The average Bonchev–Trinajstić information content (AvgIpc) is 2.92. The molecule has 124 valence electrons. The summed E-state index contributed by atoms with van der Waals surface area (Å²) in [6, 6.07) is 2.05. The van der Waals surface area contributed by atoms with Gasteiger partial charge in [-0.3, -0.25) is 4.90 Å². The standard InChI is InChI=1S/C16H24N6O/c1-12-9-14(20(2)3)19-16(18-12)13-11-23-8-7-22(13)10-15-17-5-6-21(15)4/h5-6,9,13H,7-8,10-11H2,1-4H3/t13-/m0/s1. The number of hydrogen-bond acceptors (Lipinski definition) is 6. The molecule has 2 aromatic rings. The van der Waals surface area contributed by atoms with E-state index >= 15 is 0 Å². The maximum atomic E-state index is 5.69. The van der Waals surface area contributed by atoms with Crippen molar-refractivity contribution in [1.82, 2.24) is 24.4 Å². The zero-order chi connectivity index (χ0) is 16.4. The van der Waals surface area contributed by atoms with Crippen molar-refractivity contribution in [3.05, 3.63) is 35.8 Å². The van der Waals surface area contributed by atoms with Gasteiger partial charge in [0.05, 0.1) is 25.8 Å². The maximum Gasteiger partial charge on any atom is 0.150 e. The lowest BCUT2D eigenvalue weighted by Crippen LogP contribution is -2.40. The predicted octanol–water partition coefficient (Wildman–Crippen LogP) is 1.16. The van der Waals surface area contributed by atoms with Crippen LogP contribution in [-0.4, -0.2) is 58.3 Å². The van der Waals surface area contributed by atoms with Crippen LogP contribution < -0.4 is 4.90 Å². The molecule has 7 heteroatoms. The SMILES string of the molecule is Cc1cc(N(C)C)nc([C@@H]2COCCN2Cc2nccn2C)n1. The van der Waals surface area contributed by atoms with Crippen LogP contribution in [0.25, 0.3) is 0 Å². The van der Waals surface area contributed by atoms with Gasteiger partial charge in [0.15, 0.2) is 0 Å². The van der Waals surface area contributed by atoms with Crippen LogP contribution in [0.3, 0.4) is 0 Å². The minimum absolute atomic E-state index is 0.0547. The van der Waals surface area contributed by atoms with Crippen molar-refractivity contribution in [2.24, 2.45) is 7.05 Å². The van der Waals surface area contributed by atoms with Gasteiger partial charge in [0.25, 0.3) is 0 Å². The van der Waals surface area contributed by atoms with Gasteiger partial charge in [-0.25, -0.2) is 15.0 Å². The molecule has 0 unspecified atom stereocenters. The minimum Gasteiger partial charge on any atom is -0.378 e. The van der Waals surface area contributed by atoms with Gasteiger partial charge in [0.1, 0.15) is 17.5 Å². The Kier molecular flexibility index (Phi) is 4.58. The van der Waals surface area contributed by atoms with Crippen LogP contribution in [0.4, 0.5) is 5.82 Å². The summed E-state index contributed by atoms with van der Waals surface area (Å²) in [6.07, 6.45) is 3.80. The molecule has 0 spiro atoms. The molecular formula is C16H24N6O. The number of aryl methyl sites for hydroxylation is 2. The second-order valence-corrected chi connectivity index (χ2v) is 6.14. The van der Waals surface area contributed by atoms with Crippen LogP contribution in [-0.2, 0) is 18.3 Å². The van der Waals surface area contributed by atoms with Gasteiger partial charge >= 0.3 is 0 Å². The van der Waals surface area contributed by atoms with Crippen molar-refractivity contribution in [1.29, 1.82) is 0 Å². The Morgan fingerprint density at radius 1 is 1.35 bits per heavy atom. The van der Waals surface area contributed by atoms with E-state index in [1.807, 2.05) is 51.4 Å². The highest BCUT2D eigenvalue weighted by Crippen LogP contribution is 2.25. The third-order valence-corrected chi connectivity index (χ3v) is 4.12. The van der Waals surface area contributed by atoms with Crippen LogP contribution in [0.15, 0.2) is 18.5 Å². The molecule has 1 aliphatic rings. The Hall–Kier alpha value is -1.99. The van der Waals surface area contributed by atoms with Gasteiger partial charge in [0.2, 0.25) is 0 Å². The van der Waals surface area contributed by atoms with E-state index in [9.17, 15) is 0 Å². The first-order chi connectivity index (χ1) is 11.0. The molecule has 3 rings (SSSR count). The summed E-state index contributed by atoms with van der Waals surface area (Å²) in [7, 11) is 6.01. The topological polar surface area (TPSA) is 59.3 Å². The van der Waals surface area contributed by atoms with Gasteiger partial charge in [-0.2, -0.15) is 0 Å². The Labute approximate surface area is 136 Å². The van der Waals surface area contributed by atoms with E-state index in [1.165, 1.54) is 0 Å². The number of anilines is 1. The van der Waals surface area contributed by atoms with Gasteiger partial charge < -0.3 is 14.2 Å². The summed E-state index contributed by atoms with van der Waals surface area (Å²) in [5, 5.41) is 0. The summed E-state index contributed by atoms with van der Waals surface area (Å²) in [4.78, 5) is 18.2. The van der Waals surface area contributed by atoms with E-state index in [1.54, 1.807) is 0 Å². The van der Waals surface area contributed by atoms with Crippen LogP contribution >= 0.6 is 0 Å². The lowest BCUT2D eigenvalue weighted by atomic mass is 10.2. The molecule has 2 aromatic heterocycles. The van der Waals surface area contributed by atoms with E-state index < -0.39 is 0 Å². The Bertz CT molecular complexity index is 668. The molecule has 0 aliphatic carbocycles. The molecule has 0 saturated carbocycles. The molecule has 0 amide bonds. The number of imidazole rings is 1. The van der Waals surface area contributed by atoms with Crippen LogP contribution in [0, 0.1) is 6.92 Å². The van der Waals surface area contributed by atoms with Crippen molar-refractivity contribution in [3.63, 3.8) is 0 Å². The molecule has 3 heterocycles. The van der Waals surface area contributed by atoms with Gasteiger partial charge in [0, 0.05) is 51.8 Å². The third kappa shape index (κ3) is 3.51. The second-order valence-electron chi connectivity index (χ2n) is 6.14. The first-order valence-electron chi connectivity index (χ1n) is 7.85. The van der Waals surface area contributed by atoms with Gasteiger partial charge in [-0.15, -0.1) is 0 Å². The molecule has 23 heavy (non-hydrogen) atoms.